The first kappa shape index (κ1) is 19.4. The summed E-state index contributed by atoms with van der Waals surface area (Å²) in [6.45, 7) is 0.493. The fraction of sp³-hybridized carbons (Fsp3) is 0.182. The minimum absolute atomic E-state index is 0.0806. The molecule has 2 aromatic carbocycles. The Kier molecular flexibility index (Phi) is 6.24. The van der Waals surface area contributed by atoms with Crippen molar-refractivity contribution in [2.45, 2.75) is 6.04 Å². The number of likely N-dealkylation sites (N-methyl/N-ethyl adjacent to an activating group) is 1. The second kappa shape index (κ2) is 9.01. The number of carbonyl (C=O) groups is 2. The van der Waals surface area contributed by atoms with Crippen molar-refractivity contribution in [3.63, 3.8) is 0 Å². The molecule has 2 N–H and O–H groups in total. The van der Waals surface area contributed by atoms with E-state index in [1.807, 2.05) is 44.4 Å². The average molecular weight is 377 g/mol. The third-order valence-electron chi connectivity index (χ3n) is 4.41. The topological polar surface area (TPSA) is 74.6 Å². The molecule has 3 aromatic rings. The first-order valence-corrected chi connectivity index (χ1v) is 8.99. The largest absolute Gasteiger partial charge is 0.459 e. The molecule has 6 heteroatoms. The highest BCUT2D eigenvalue weighted by Crippen LogP contribution is 2.17. The maximum Gasteiger partial charge on any atom is 0.291 e. The Balaban J connectivity index is 1.59. The van der Waals surface area contributed by atoms with E-state index in [-0.39, 0.29) is 23.6 Å². The molecule has 144 valence electrons. The molecule has 0 radical (unpaired) electrons. The SMILES string of the molecule is CN(C)[C@H](CNC(=O)c1ccc(NC(=O)c2ccco2)cc1)c1ccccc1. The average Bonchev–Trinajstić information content (AvgIpc) is 3.24. The predicted molar refractivity (Wildman–Crippen MR) is 108 cm³/mol. The summed E-state index contributed by atoms with van der Waals surface area (Å²) < 4.78 is 5.06. The van der Waals surface area contributed by atoms with Crippen LogP contribution in [0.2, 0.25) is 0 Å². The van der Waals surface area contributed by atoms with E-state index >= 15 is 0 Å². The van der Waals surface area contributed by atoms with E-state index in [1.54, 1.807) is 36.4 Å². The van der Waals surface area contributed by atoms with Gasteiger partial charge in [-0.2, -0.15) is 0 Å². The Morgan fingerprint density at radius 2 is 1.64 bits per heavy atom. The quantitative estimate of drug-likeness (QED) is 0.660. The van der Waals surface area contributed by atoms with Crippen LogP contribution in [0.3, 0.4) is 0 Å². The molecule has 0 saturated carbocycles. The van der Waals surface area contributed by atoms with E-state index in [0.29, 0.717) is 17.8 Å². The molecule has 0 aliphatic carbocycles. The summed E-state index contributed by atoms with van der Waals surface area (Å²) in [5.41, 5.74) is 2.26. The van der Waals surface area contributed by atoms with Crippen LogP contribution >= 0.6 is 0 Å². The van der Waals surface area contributed by atoms with Crippen molar-refractivity contribution >= 4 is 17.5 Å². The van der Waals surface area contributed by atoms with Gasteiger partial charge in [-0.05, 0) is 56.1 Å². The highest BCUT2D eigenvalue weighted by Gasteiger charge is 2.16. The van der Waals surface area contributed by atoms with Gasteiger partial charge in [0.25, 0.3) is 11.8 Å². The second-order valence-electron chi connectivity index (χ2n) is 6.61. The van der Waals surface area contributed by atoms with Gasteiger partial charge in [-0.3, -0.25) is 9.59 Å². The van der Waals surface area contributed by atoms with Crippen LogP contribution in [0.5, 0.6) is 0 Å². The number of benzene rings is 2. The van der Waals surface area contributed by atoms with Crippen LogP contribution in [0.4, 0.5) is 5.69 Å². The van der Waals surface area contributed by atoms with Gasteiger partial charge < -0.3 is 20.0 Å². The number of hydrogen-bond donors (Lipinski definition) is 2. The van der Waals surface area contributed by atoms with Crippen molar-refractivity contribution < 1.29 is 14.0 Å². The van der Waals surface area contributed by atoms with Crippen molar-refractivity contribution in [2.24, 2.45) is 0 Å². The van der Waals surface area contributed by atoms with E-state index in [1.165, 1.54) is 6.26 Å². The van der Waals surface area contributed by atoms with Crippen LogP contribution in [0, 0.1) is 0 Å². The Hall–Kier alpha value is -3.38. The molecule has 2 amide bonds. The molecular weight excluding hydrogens is 354 g/mol. The number of anilines is 1. The standard InChI is InChI=1S/C22H23N3O3/c1-25(2)19(16-7-4-3-5-8-16)15-23-21(26)17-10-12-18(13-11-17)24-22(27)20-9-6-14-28-20/h3-14,19H,15H2,1-2H3,(H,23,26)(H,24,27)/t19-/m1/s1. The lowest BCUT2D eigenvalue weighted by Gasteiger charge is -2.25. The Bertz CT molecular complexity index is 904. The van der Waals surface area contributed by atoms with Gasteiger partial charge in [-0.1, -0.05) is 30.3 Å². The van der Waals surface area contributed by atoms with E-state index < -0.39 is 0 Å². The van der Waals surface area contributed by atoms with Crippen LogP contribution in [0.15, 0.2) is 77.4 Å². The lowest BCUT2D eigenvalue weighted by molar-refractivity contribution is 0.0941. The summed E-state index contributed by atoms with van der Waals surface area (Å²) in [7, 11) is 3.97. The molecule has 0 unspecified atom stereocenters. The van der Waals surface area contributed by atoms with E-state index in [2.05, 4.69) is 15.5 Å². The third-order valence-corrected chi connectivity index (χ3v) is 4.41. The first-order valence-electron chi connectivity index (χ1n) is 8.99. The minimum atomic E-state index is -0.334. The molecule has 3 rings (SSSR count). The molecule has 6 nitrogen and oxygen atoms in total. The number of rotatable bonds is 7. The summed E-state index contributed by atoms with van der Waals surface area (Å²) in [4.78, 5) is 26.5. The van der Waals surface area contributed by atoms with Crippen molar-refractivity contribution in [1.82, 2.24) is 10.2 Å². The molecular formula is C22H23N3O3. The number of amides is 2. The normalized spacial score (nSPS) is 11.8. The van der Waals surface area contributed by atoms with Crippen LogP contribution in [0.25, 0.3) is 0 Å². The van der Waals surface area contributed by atoms with Crippen molar-refractivity contribution in [3.8, 4) is 0 Å². The summed E-state index contributed by atoms with van der Waals surface area (Å²) in [6.07, 6.45) is 1.44. The van der Waals surface area contributed by atoms with Gasteiger partial charge in [0.15, 0.2) is 5.76 Å². The molecule has 0 aliphatic heterocycles. The van der Waals surface area contributed by atoms with E-state index in [9.17, 15) is 9.59 Å². The van der Waals surface area contributed by atoms with Crippen LogP contribution < -0.4 is 10.6 Å². The zero-order chi connectivity index (χ0) is 19.9. The fourth-order valence-corrected chi connectivity index (χ4v) is 2.87. The summed E-state index contributed by atoms with van der Waals surface area (Å²) >= 11 is 0. The Morgan fingerprint density at radius 1 is 0.929 bits per heavy atom. The smallest absolute Gasteiger partial charge is 0.291 e. The summed E-state index contributed by atoms with van der Waals surface area (Å²) in [6, 6.07) is 20.1. The lowest BCUT2D eigenvalue weighted by atomic mass is 10.1. The van der Waals surface area contributed by atoms with Crippen LogP contribution in [-0.2, 0) is 0 Å². The Labute approximate surface area is 164 Å². The number of nitrogens with zero attached hydrogens (tertiary/aromatic N) is 1. The molecule has 1 heterocycles. The third kappa shape index (κ3) is 4.86. The monoisotopic (exact) mass is 377 g/mol. The van der Waals surface area contributed by atoms with Gasteiger partial charge in [0.05, 0.1) is 12.3 Å². The molecule has 0 fully saturated rings. The van der Waals surface area contributed by atoms with Gasteiger partial charge >= 0.3 is 0 Å². The van der Waals surface area contributed by atoms with Crippen LogP contribution in [0.1, 0.15) is 32.5 Å². The maximum atomic E-state index is 12.5. The highest BCUT2D eigenvalue weighted by molar-refractivity contribution is 6.02. The molecule has 0 spiro atoms. The first-order chi connectivity index (χ1) is 13.5. The van der Waals surface area contributed by atoms with Crippen molar-refractivity contribution in [2.75, 3.05) is 26.0 Å². The fourth-order valence-electron chi connectivity index (χ4n) is 2.87. The minimum Gasteiger partial charge on any atom is -0.459 e. The van der Waals surface area contributed by atoms with Gasteiger partial charge in [0.2, 0.25) is 0 Å². The number of hydrogen-bond acceptors (Lipinski definition) is 4. The number of carbonyl (C=O) groups excluding carboxylic acids is 2. The van der Waals surface area contributed by atoms with Crippen LogP contribution in [-0.4, -0.2) is 37.4 Å². The van der Waals surface area contributed by atoms with Gasteiger partial charge in [0.1, 0.15) is 0 Å². The molecule has 0 aliphatic rings. The number of nitrogens with one attached hydrogen (secondary N) is 2. The van der Waals surface area contributed by atoms with E-state index in [0.717, 1.165) is 5.56 Å². The van der Waals surface area contributed by atoms with Gasteiger partial charge in [0, 0.05) is 17.8 Å². The van der Waals surface area contributed by atoms with Gasteiger partial charge in [-0.15, -0.1) is 0 Å². The summed E-state index contributed by atoms with van der Waals surface area (Å²) in [5.74, 6) is -0.261. The second-order valence-corrected chi connectivity index (χ2v) is 6.61. The molecule has 1 atom stereocenters. The zero-order valence-corrected chi connectivity index (χ0v) is 15.9. The summed E-state index contributed by atoms with van der Waals surface area (Å²) in [5, 5.41) is 5.70. The lowest BCUT2D eigenvalue weighted by Crippen LogP contribution is -2.34. The Morgan fingerprint density at radius 3 is 2.25 bits per heavy atom. The molecule has 0 saturated heterocycles. The molecule has 1 aromatic heterocycles. The van der Waals surface area contributed by atoms with Gasteiger partial charge in [-0.25, -0.2) is 0 Å². The van der Waals surface area contributed by atoms with Crippen molar-refractivity contribution in [3.05, 3.63) is 89.9 Å². The highest BCUT2D eigenvalue weighted by atomic mass is 16.3. The van der Waals surface area contributed by atoms with Crippen molar-refractivity contribution in [1.29, 1.82) is 0 Å². The number of furan rings is 1. The zero-order valence-electron chi connectivity index (χ0n) is 15.9. The van der Waals surface area contributed by atoms with E-state index in [4.69, 9.17) is 4.42 Å². The predicted octanol–water partition coefficient (Wildman–Crippen LogP) is 3.56. The maximum absolute atomic E-state index is 12.5. The molecule has 28 heavy (non-hydrogen) atoms. The molecule has 0 bridgehead atoms.